The van der Waals surface area contributed by atoms with Gasteiger partial charge < -0.3 is 8.98 Å². The van der Waals surface area contributed by atoms with Gasteiger partial charge in [0.15, 0.2) is 16.6 Å². The van der Waals surface area contributed by atoms with Gasteiger partial charge in [0.25, 0.3) is 0 Å². The minimum absolute atomic E-state index is 0.0194. The van der Waals surface area contributed by atoms with E-state index in [1.807, 2.05) is 47.0 Å². The van der Waals surface area contributed by atoms with Crippen molar-refractivity contribution in [1.29, 1.82) is 5.26 Å². The van der Waals surface area contributed by atoms with Gasteiger partial charge in [0.1, 0.15) is 11.7 Å². The number of rotatable bonds is 4. The minimum atomic E-state index is -0.0239. The molecule has 2 aromatic carbocycles. The average Bonchev–Trinajstić information content (AvgIpc) is 3.49. The van der Waals surface area contributed by atoms with Crippen LogP contribution >= 0.6 is 11.3 Å². The summed E-state index contributed by atoms with van der Waals surface area (Å²) in [6.07, 6.45) is 1.74. The maximum Gasteiger partial charge on any atom is 0.182 e. The molecule has 5 aromatic rings. The van der Waals surface area contributed by atoms with E-state index in [1.165, 1.54) is 0 Å². The molecule has 0 bridgehead atoms. The number of Topliss-reactive ketones (excluding diaryl/α,β-unsaturated/α-hetero) is 1. The lowest BCUT2D eigenvalue weighted by Gasteiger charge is -2.13. The number of ketones is 1. The molecular formula is C26H21N3O2S. The summed E-state index contributed by atoms with van der Waals surface area (Å²) in [6, 6.07) is 17.3. The van der Waals surface area contributed by atoms with Crippen molar-refractivity contribution in [2.45, 2.75) is 32.7 Å². The molecule has 5 rings (SSSR count). The first-order chi connectivity index (χ1) is 15.3. The molecule has 6 heteroatoms. The number of carbonyl (C=O) groups is 1. The molecule has 0 spiro atoms. The van der Waals surface area contributed by atoms with Crippen molar-refractivity contribution in [3.63, 3.8) is 0 Å². The van der Waals surface area contributed by atoms with Crippen molar-refractivity contribution in [1.82, 2.24) is 9.55 Å². The lowest BCUT2D eigenvalue weighted by molar-refractivity contribution is 0.0973. The van der Waals surface area contributed by atoms with Crippen LogP contribution in [0.3, 0.4) is 0 Å². The van der Waals surface area contributed by atoms with Gasteiger partial charge in [-0.2, -0.15) is 5.26 Å². The molecule has 5 nitrogen and oxygen atoms in total. The van der Waals surface area contributed by atoms with Crippen LogP contribution in [-0.2, 0) is 12.0 Å². The van der Waals surface area contributed by atoms with Gasteiger partial charge in [0, 0.05) is 38.8 Å². The molecule has 0 radical (unpaired) electrons. The quantitative estimate of drug-likeness (QED) is 0.297. The Labute approximate surface area is 189 Å². The fraction of sp³-hybridized carbons (Fsp3) is 0.192. The number of para-hydroxylation sites is 1. The predicted molar refractivity (Wildman–Crippen MR) is 127 cm³/mol. The Morgan fingerprint density at radius 3 is 2.75 bits per heavy atom. The highest BCUT2D eigenvalue weighted by Crippen LogP contribution is 2.33. The van der Waals surface area contributed by atoms with Crippen LogP contribution in [-0.4, -0.2) is 15.3 Å². The third-order valence-corrected chi connectivity index (χ3v) is 6.40. The standard InChI is InChI=1S/C26H21N3O2S/c1-26(2,3)24-15-32-25(28-24)23-11-17-10-16(8-9-22(17)31-23)21(30)14-29-13-18(12-27)19-6-4-5-7-20(19)29/h4-11,13,15H,14H2,1-3H3. The van der Waals surface area contributed by atoms with Crippen molar-refractivity contribution in [2.75, 3.05) is 0 Å². The highest BCUT2D eigenvalue weighted by Gasteiger charge is 2.20. The lowest BCUT2D eigenvalue weighted by atomic mass is 9.93. The zero-order valence-electron chi connectivity index (χ0n) is 18.0. The Bertz CT molecular complexity index is 1520. The van der Waals surface area contributed by atoms with E-state index in [4.69, 9.17) is 9.40 Å². The number of nitrogens with zero attached hydrogens (tertiary/aromatic N) is 3. The average molecular weight is 440 g/mol. The van der Waals surface area contributed by atoms with Crippen LogP contribution in [0.15, 0.2) is 64.5 Å². The summed E-state index contributed by atoms with van der Waals surface area (Å²) in [5, 5.41) is 14.0. The van der Waals surface area contributed by atoms with Gasteiger partial charge in [0.2, 0.25) is 0 Å². The summed E-state index contributed by atoms with van der Waals surface area (Å²) in [6.45, 7) is 6.57. The van der Waals surface area contributed by atoms with Gasteiger partial charge in [-0.15, -0.1) is 11.3 Å². The molecule has 0 aliphatic carbocycles. The molecule has 0 amide bonds. The van der Waals surface area contributed by atoms with Gasteiger partial charge in [-0.3, -0.25) is 4.79 Å². The number of hydrogen-bond acceptors (Lipinski definition) is 5. The number of benzene rings is 2. The van der Waals surface area contributed by atoms with Crippen molar-refractivity contribution >= 4 is 39.0 Å². The Balaban J connectivity index is 1.45. The van der Waals surface area contributed by atoms with Gasteiger partial charge in [-0.05, 0) is 30.3 Å². The van der Waals surface area contributed by atoms with Crippen LogP contribution in [0, 0.1) is 11.3 Å². The second-order valence-electron chi connectivity index (χ2n) is 8.87. The summed E-state index contributed by atoms with van der Waals surface area (Å²) < 4.78 is 7.84. The summed E-state index contributed by atoms with van der Waals surface area (Å²) in [5.74, 6) is 0.685. The number of thiazole rings is 1. The smallest absolute Gasteiger partial charge is 0.182 e. The number of fused-ring (bicyclic) bond motifs is 2. The molecule has 0 fully saturated rings. The van der Waals surface area contributed by atoms with E-state index >= 15 is 0 Å². The molecule has 3 heterocycles. The maximum absolute atomic E-state index is 13.0. The molecular weight excluding hydrogens is 418 g/mol. The third kappa shape index (κ3) is 3.51. The minimum Gasteiger partial charge on any atom is -0.454 e. The normalized spacial score (nSPS) is 11.8. The van der Waals surface area contributed by atoms with E-state index in [0.29, 0.717) is 16.9 Å². The van der Waals surface area contributed by atoms with Gasteiger partial charge in [-0.25, -0.2) is 4.98 Å². The van der Waals surface area contributed by atoms with Crippen LogP contribution < -0.4 is 0 Å². The molecule has 158 valence electrons. The molecule has 32 heavy (non-hydrogen) atoms. The second-order valence-corrected chi connectivity index (χ2v) is 9.73. The zero-order valence-corrected chi connectivity index (χ0v) is 18.9. The van der Waals surface area contributed by atoms with Crippen molar-refractivity contribution < 1.29 is 9.21 Å². The van der Waals surface area contributed by atoms with Crippen molar-refractivity contribution in [2.24, 2.45) is 0 Å². The van der Waals surface area contributed by atoms with E-state index in [0.717, 1.165) is 32.6 Å². The Morgan fingerprint density at radius 1 is 1.19 bits per heavy atom. The predicted octanol–water partition coefficient (Wildman–Crippen LogP) is 6.56. The van der Waals surface area contributed by atoms with Crippen LogP contribution in [0.2, 0.25) is 0 Å². The topological polar surface area (TPSA) is 71.8 Å². The first-order valence-electron chi connectivity index (χ1n) is 10.3. The van der Waals surface area contributed by atoms with Crippen LogP contribution in [0.25, 0.3) is 32.6 Å². The molecule has 0 N–H and O–H groups in total. The molecule has 0 unspecified atom stereocenters. The SMILES string of the molecule is CC(C)(C)c1csc(-c2cc3cc(C(=O)Cn4cc(C#N)c5ccccc54)ccc3o2)n1. The highest BCUT2D eigenvalue weighted by molar-refractivity contribution is 7.13. The molecule has 0 saturated carbocycles. The summed E-state index contributed by atoms with van der Waals surface area (Å²) in [4.78, 5) is 17.8. The van der Waals surface area contributed by atoms with E-state index in [-0.39, 0.29) is 17.7 Å². The Morgan fingerprint density at radius 2 is 2.00 bits per heavy atom. The van der Waals surface area contributed by atoms with E-state index < -0.39 is 0 Å². The zero-order chi connectivity index (χ0) is 22.5. The first kappa shape index (κ1) is 20.2. The van der Waals surface area contributed by atoms with Gasteiger partial charge in [-0.1, -0.05) is 39.0 Å². The van der Waals surface area contributed by atoms with Gasteiger partial charge >= 0.3 is 0 Å². The monoisotopic (exact) mass is 439 g/mol. The van der Waals surface area contributed by atoms with Crippen molar-refractivity contribution in [3.8, 4) is 16.8 Å². The largest absolute Gasteiger partial charge is 0.454 e. The number of hydrogen-bond donors (Lipinski definition) is 0. The van der Waals surface area contributed by atoms with Gasteiger partial charge in [0.05, 0.1) is 17.8 Å². The van der Waals surface area contributed by atoms with Crippen molar-refractivity contribution in [3.05, 3.63) is 76.9 Å². The molecule has 0 atom stereocenters. The second kappa shape index (κ2) is 7.47. The number of aromatic nitrogens is 2. The fourth-order valence-corrected chi connectivity index (χ4v) is 4.76. The highest BCUT2D eigenvalue weighted by atomic mass is 32.1. The van der Waals surface area contributed by atoms with E-state index in [2.05, 4.69) is 32.2 Å². The summed E-state index contributed by atoms with van der Waals surface area (Å²) >= 11 is 1.56. The Kier molecular flexibility index (Phi) is 4.72. The molecule has 3 aromatic heterocycles. The summed E-state index contributed by atoms with van der Waals surface area (Å²) in [7, 11) is 0. The van der Waals surface area contributed by atoms with E-state index in [9.17, 15) is 10.1 Å². The maximum atomic E-state index is 13.0. The fourth-order valence-electron chi connectivity index (χ4n) is 3.77. The first-order valence-corrected chi connectivity index (χ1v) is 11.2. The number of carbonyl (C=O) groups excluding carboxylic acids is 1. The van der Waals surface area contributed by atoms with E-state index in [1.54, 1.807) is 23.6 Å². The number of nitriles is 1. The van der Waals surface area contributed by atoms with Crippen LogP contribution in [0.4, 0.5) is 0 Å². The number of furan rings is 1. The molecule has 0 aliphatic rings. The third-order valence-electron chi connectivity index (χ3n) is 5.54. The summed E-state index contributed by atoms with van der Waals surface area (Å²) in [5.41, 5.74) is 3.79. The van der Waals surface area contributed by atoms with Crippen LogP contribution in [0.1, 0.15) is 42.4 Å². The molecule has 0 saturated heterocycles. The lowest BCUT2D eigenvalue weighted by Crippen LogP contribution is -2.11. The van der Waals surface area contributed by atoms with Crippen LogP contribution in [0.5, 0.6) is 0 Å². The Hall–Kier alpha value is -3.69. The molecule has 0 aliphatic heterocycles.